The zero-order valence-electron chi connectivity index (χ0n) is 16.3. The van der Waals surface area contributed by atoms with Crippen LogP contribution in [0.25, 0.3) is 11.1 Å². The first-order chi connectivity index (χ1) is 14.1. The minimum Gasteiger partial charge on any atom is -0.353 e. The van der Waals surface area contributed by atoms with Crippen LogP contribution in [0.15, 0.2) is 60.7 Å². The second-order valence-corrected chi connectivity index (χ2v) is 7.52. The van der Waals surface area contributed by atoms with Gasteiger partial charge in [0.05, 0.1) is 0 Å². The van der Waals surface area contributed by atoms with Gasteiger partial charge in [-0.3, -0.25) is 9.59 Å². The third-order valence-corrected chi connectivity index (χ3v) is 5.75. The molecule has 0 N–H and O–H groups in total. The minimum absolute atomic E-state index is 0.000547. The zero-order chi connectivity index (χ0) is 20.0. The highest BCUT2D eigenvalue weighted by atomic mass is 16.2. The first-order valence-corrected chi connectivity index (χ1v) is 9.88. The largest absolute Gasteiger partial charge is 0.353 e. The number of benzene rings is 2. The highest BCUT2D eigenvalue weighted by Crippen LogP contribution is 2.39. The van der Waals surface area contributed by atoms with Crippen molar-refractivity contribution in [2.75, 3.05) is 31.1 Å². The monoisotopic (exact) mass is 383 g/mol. The van der Waals surface area contributed by atoms with Crippen molar-refractivity contribution >= 4 is 17.5 Å². The third kappa shape index (κ3) is 2.90. The lowest BCUT2D eigenvalue weighted by molar-refractivity contribution is 0.0747. The molecule has 0 spiro atoms. The summed E-state index contributed by atoms with van der Waals surface area (Å²) in [7, 11) is 0. The summed E-state index contributed by atoms with van der Waals surface area (Å²) < 4.78 is 0. The fourth-order valence-corrected chi connectivity index (χ4v) is 4.27. The van der Waals surface area contributed by atoms with Crippen molar-refractivity contribution in [1.82, 2.24) is 9.88 Å². The summed E-state index contributed by atoms with van der Waals surface area (Å²) in [6, 6.07) is 19.0. The SMILES string of the molecule is Cc1cccc(N2CCN(C(=O)c3cccc4c3-c3ccccc3C4=O)CC2)n1. The van der Waals surface area contributed by atoms with Gasteiger partial charge in [0, 0.05) is 54.1 Å². The normalized spacial score (nSPS) is 15.3. The zero-order valence-corrected chi connectivity index (χ0v) is 16.3. The molecule has 1 aliphatic heterocycles. The molecule has 1 aliphatic carbocycles. The molecule has 0 radical (unpaired) electrons. The second kappa shape index (κ2) is 6.85. The van der Waals surface area contributed by atoms with E-state index < -0.39 is 0 Å². The molecular weight excluding hydrogens is 362 g/mol. The maximum Gasteiger partial charge on any atom is 0.254 e. The molecule has 5 rings (SSSR count). The number of piperazine rings is 1. The van der Waals surface area contributed by atoms with Crippen LogP contribution in [0.1, 0.15) is 32.0 Å². The van der Waals surface area contributed by atoms with E-state index in [9.17, 15) is 9.59 Å². The van der Waals surface area contributed by atoms with Crippen LogP contribution in [0.2, 0.25) is 0 Å². The van der Waals surface area contributed by atoms with Crippen LogP contribution < -0.4 is 4.90 Å². The third-order valence-electron chi connectivity index (χ3n) is 5.75. The van der Waals surface area contributed by atoms with Crippen LogP contribution in [0, 0.1) is 6.92 Å². The fourth-order valence-electron chi connectivity index (χ4n) is 4.27. The lowest BCUT2D eigenvalue weighted by atomic mass is 9.98. The quantitative estimate of drug-likeness (QED) is 0.531. The number of aryl methyl sites for hydroxylation is 1. The van der Waals surface area contributed by atoms with Gasteiger partial charge in [0.25, 0.3) is 5.91 Å². The van der Waals surface area contributed by atoms with Crippen LogP contribution in [0.3, 0.4) is 0 Å². The number of pyridine rings is 1. The van der Waals surface area contributed by atoms with Gasteiger partial charge < -0.3 is 9.80 Å². The van der Waals surface area contributed by atoms with Crippen molar-refractivity contribution in [3.05, 3.63) is 83.0 Å². The van der Waals surface area contributed by atoms with E-state index in [1.165, 1.54) is 0 Å². The van der Waals surface area contributed by atoms with E-state index in [4.69, 9.17) is 0 Å². The molecule has 1 fully saturated rings. The van der Waals surface area contributed by atoms with Crippen LogP contribution in [0.5, 0.6) is 0 Å². The molecule has 0 saturated carbocycles. The van der Waals surface area contributed by atoms with Crippen molar-refractivity contribution in [3.63, 3.8) is 0 Å². The van der Waals surface area contributed by atoms with Gasteiger partial charge in [0.1, 0.15) is 5.82 Å². The number of carbonyl (C=O) groups is 2. The number of ketones is 1. The number of amides is 1. The van der Waals surface area contributed by atoms with E-state index in [0.29, 0.717) is 29.8 Å². The van der Waals surface area contributed by atoms with E-state index in [1.807, 2.05) is 72.5 Å². The van der Waals surface area contributed by atoms with E-state index in [1.54, 1.807) is 0 Å². The van der Waals surface area contributed by atoms with Crippen molar-refractivity contribution in [2.24, 2.45) is 0 Å². The maximum atomic E-state index is 13.4. The summed E-state index contributed by atoms with van der Waals surface area (Å²) >= 11 is 0. The van der Waals surface area contributed by atoms with E-state index >= 15 is 0 Å². The van der Waals surface area contributed by atoms with Crippen LogP contribution in [0.4, 0.5) is 5.82 Å². The molecule has 1 amide bonds. The molecule has 0 bridgehead atoms. The van der Waals surface area contributed by atoms with Crippen molar-refractivity contribution in [1.29, 1.82) is 0 Å². The number of aromatic nitrogens is 1. The van der Waals surface area contributed by atoms with Gasteiger partial charge >= 0.3 is 0 Å². The van der Waals surface area contributed by atoms with Crippen molar-refractivity contribution < 1.29 is 9.59 Å². The number of carbonyl (C=O) groups excluding carboxylic acids is 2. The van der Waals surface area contributed by atoms with Gasteiger partial charge in [0.15, 0.2) is 5.78 Å². The van der Waals surface area contributed by atoms with Crippen LogP contribution in [-0.4, -0.2) is 47.8 Å². The molecule has 1 saturated heterocycles. The first kappa shape index (κ1) is 17.6. The van der Waals surface area contributed by atoms with E-state index in [-0.39, 0.29) is 11.7 Å². The molecule has 2 aromatic carbocycles. The summed E-state index contributed by atoms with van der Waals surface area (Å²) in [5, 5.41) is 0. The molecule has 29 heavy (non-hydrogen) atoms. The average molecular weight is 383 g/mol. The highest BCUT2D eigenvalue weighted by molar-refractivity contribution is 6.24. The van der Waals surface area contributed by atoms with Gasteiger partial charge in [-0.25, -0.2) is 4.98 Å². The number of hydrogen-bond donors (Lipinski definition) is 0. The molecule has 2 aliphatic rings. The molecule has 0 atom stereocenters. The number of fused-ring (bicyclic) bond motifs is 3. The molecule has 1 aromatic heterocycles. The van der Waals surface area contributed by atoms with E-state index in [2.05, 4.69) is 9.88 Å². The Labute approximate surface area is 169 Å². The fraction of sp³-hybridized carbons (Fsp3) is 0.208. The average Bonchev–Trinajstić information content (AvgIpc) is 3.06. The summed E-state index contributed by atoms with van der Waals surface area (Å²) in [5.74, 6) is 0.945. The summed E-state index contributed by atoms with van der Waals surface area (Å²) in [6.07, 6.45) is 0. The summed E-state index contributed by atoms with van der Waals surface area (Å²) in [4.78, 5) is 34.8. The molecular formula is C24H21N3O2. The lowest BCUT2D eigenvalue weighted by Crippen LogP contribution is -2.49. The van der Waals surface area contributed by atoms with Gasteiger partial charge in [-0.1, -0.05) is 42.5 Å². The van der Waals surface area contributed by atoms with Crippen LogP contribution >= 0.6 is 0 Å². The molecule has 3 aromatic rings. The predicted molar refractivity (Wildman–Crippen MR) is 112 cm³/mol. The highest BCUT2D eigenvalue weighted by Gasteiger charge is 2.32. The Hall–Kier alpha value is -3.47. The summed E-state index contributed by atoms with van der Waals surface area (Å²) in [6.45, 7) is 4.74. The molecule has 144 valence electrons. The van der Waals surface area contributed by atoms with Gasteiger partial charge in [-0.15, -0.1) is 0 Å². The summed E-state index contributed by atoms with van der Waals surface area (Å²) in [5.41, 5.74) is 4.55. The Bertz CT molecular complexity index is 1130. The Morgan fingerprint density at radius 2 is 1.52 bits per heavy atom. The van der Waals surface area contributed by atoms with Crippen molar-refractivity contribution in [3.8, 4) is 11.1 Å². The van der Waals surface area contributed by atoms with Crippen LogP contribution in [-0.2, 0) is 0 Å². The number of anilines is 1. The standard InChI is InChI=1S/C24H21N3O2/c1-16-6-4-11-21(25-16)26-12-14-27(15-13-26)24(29)20-10-5-9-19-22(20)17-7-2-3-8-18(17)23(19)28/h2-11H,12-15H2,1H3. The number of hydrogen-bond acceptors (Lipinski definition) is 4. The topological polar surface area (TPSA) is 53.5 Å². The number of rotatable bonds is 2. The minimum atomic E-state index is -0.0109. The molecule has 0 unspecified atom stereocenters. The van der Waals surface area contributed by atoms with Gasteiger partial charge in [-0.2, -0.15) is 0 Å². The smallest absolute Gasteiger partial charge is 0.254 e. The number of nitrogens with zero attached hydrogens (tertiary/aromatic N) is 3. The first-order valence-electron chi connectivity index (χ1n) is 9.88. The predicted octanol–water partition coefficient (Wildman–Crippen LogP) is 3.56. The maximum absolute atomic E-state index is 13.4. The Balaban J connectivity index is 1.41. The molecule has 5 heteroatoms. The lowest BCUT2D eigenvalue weighted by Gasteiger charge is -2.35. The second-order valence-electron chi connectivity index (χ2n) is 7.52. The molecule has 5 nitrogen and oxygen atoms in total. The van der Waals surface area contributed by atoms with Crippen molar-refractivity contribution in [2.45, 2.75) is 6.92 Å². The van der Waals surface area contributed by atoms with Gasteiger partial charge in [-0.05, 0) is 30.7 Å². The Kier molecular flexibility index (Phi) is 4.16. The Morgan fingerprint density at radius 3 is 2.28 bits per heavy atom. The molecule has 2 heterocycles. The Morgan fingerprint density at radius 1 is 0.828 bits per heavy atom. The van der Waals surface area contributed by atoms with Gasteiger partial charge in [0.2, 0.25) is 0 Å². The van der Waals surface area contributed by atoms with E-state index in [0.717, 1.165) is 35.7 Å².